The van der Waals surface area contributed by atoms with Crippen LogP contribution < -0.4 is 0 Å². The summed E-state index contributed by atoms with van der Waals surface area (Å²) in [6, 6.07) is 0. The number of hydrogen-bond acceptors (Lipinski definition) is 4. The molecule has 0 fully saturated rings. The Balaban J connectivity index is 0. The molecule has 0 aliphatic rings. The molecule has 0 bridgehead atoms. The zero-order valence-electron chi connectivity index (χ0n) is 13.8. The minimum Gasteiger partial charge on any atom is -0.396 e. The second-order valence-corrected chi connectivity index (χ2v) is 6.08. The molecule has 0 aromatic heterocycles. The minimum absolute atomic E-state index is 0.239. The molecule has 0 aliphatic heterocycles. The molecule has 0 saturated heterocycles. The van der Waals surface area contributed by atoms with Crippen LogP contribution in [0.4, 0.5) is 0 Å². The Kier molecular flexibility index (Phi) is 16.9. The van der Waals surface area contributed by atoms with Gasteiger partial charge in [-0.25, -0.2) is 0 Å². The van der Waals surface area contributed by atoms with Gasteiger partial charge in [0.25, 0.3) is 0 Å². The van der Waals surface area contributed by atoms with Gasteiger partial charge in [0, 0.05) is 26.4 Å². The predicted octanol–water partition coefficient (Wildman–Crippen LogP) is 2.05. The summed E-state index contributed by atoms with van der Waals surface area (Å²) in [4.78, 5) is 0. The Hall–Kier alpha value is -0.160. The van der Waals surface area contributed by atoms with Crippen LogP contribution in [-0.2, 0) is 0 Å². The molecule has 0 aliphatic carbocycles. The molecule has 0 rings (SSSR count). The number of hydrogen-bond donors (Lipinski definition) is 4. The quantitative estimate of drug-likeness (QED) is 0.497. The van der Waals surface area contributed by atoms with Gasteiger partial charge < -0.3 is 20.4 Å². The Bertz CT molecular complexity index is 177. The summed E-state index contributed by atoms with van der Waals surface area (Å²) in [5.41, 5.74) is 0. The average molecular weight is 292 g/mol. The van der Waals surface area contributed by atoms with Crippen molar-refractivity contribution in [2.24, 2.45) is 23.7 Å². The topological polar surface area (TPSA) is 80.9 Å². The lowest BCUT2D eigenvalue weighted by molar-refractivity contribution is 0.168. The molecule has 124 valence electrons. The maximum atomic E-state index is 8.84. The van der Waals surface area contributed by atoms with E-state index >= 15 is 0 Å². The van der Waals surface area contributed by atoms with E-state index in [0.717, 1.165) is 25.7 Å². The highest BCUT2D eigenvalue weighted by Gasteiger charge is 2.11. The maximum absolute atomic E-state index is 8.84. The molecule has 0 aromatic carbocycles. The molecule has 0 aromatic rings. The van der Waals surface area contributed by atoms with Crippen LogP contribution in [0.25, 0.3) is 0 Å². The third-order valence-electron chi connectivity index (χ3n) is 3.85. The molecule has 0 radical (unpaired) electrons. The second-order valence-electron chi connectivity index (χ2n) is 6.08. The molecule has 1 atom stereocenters. The lowest BCUT2D eigenvalue weighted by Gasteiger charge is -2.17. The summed E-state index contributed by atoms with van der Waals surface area (Å²) in [6.45, 7) is 9.40. The summed E-state index contributed by atoms with van der Waals surface area (Å²) in [5, 5.41) is 34.6. The first-order chi connectivity index (χ1) is 9.44. The van der Waals surface area contributed by atoms with Gasteiger partial charge in [-0.05, 0) is 49.4 Å². The van der Waals surface area contributed by atoms with E-state index in [0.29, 0.717) is 23.7 Å². The van der Waals surface area contributed by atoms with Gasteiger partial charge >= 0.3 is 0 Å². The van der Waals surface area contributed by atoms with Crippen molar-refractivity contribution in [1.29, 1.82) is 0 Å². The van der Waals surface area contributed by atoms with Crippen LogP contribution in [0.5, 0.6) is 0 Å². The van der Waals surface area contributed by atoms with Crippen LogP contribution in [0.1, 0.15) is 53.4 Å². The molecule has 0 saturated carbocycles. The zero-order chi connectivity index (χ0) is 16.0. The highest BCUT2D eigenvalue weighted by atomic mass is 16.3. The van der Waals surface area contributed by atoms with Crippen molar-refractivity contribution in [3.8, 4) is 0 Å². The van der Waals surface area contributed by atoms with Crippen molar-refractivity contribution in [2.75, 3.05) is 26.4 Å². The van der Waals surface area contributed by atoms with Gasteiger partial charge in [0.15, 0.2) is 0 Å². The molecule has 0 amide bonds. The van der Waals surface area contributed by atoms with Gasteiger partial charge in [-0.1, -0.05) is 27.7 Å². The SMILES string of the molecule is CC(C)C(CCO)CCO.CC(C)C(CO)CCCO. The van der Waals surface area contributed by atoms with E-state index in [4.69, 9.17) is 20.4 Å². The fourth-order valence-electron chi connectivity index (χ4n) is 2.13. The third-order valence-corrected chi connectivity index (χ3v) is 3.85. The van der Waals surface area contributed by atoms with Crippen molar-refractivity contribution < 1.29 is 20.4 Å². The van der Waals surface area contributed by atoms with E-state index < -0.39 is 0 Å². The Labute approximate surface area is 124 Å². The lowest BCUT2D eigenvalue weighted by Crippen LogP contribution is -2.13. The summed E-state index contributed by atoms with van der Waals surface area (Å²) in [6.07, 6.45) is 3.38. The summed E-state index contributed by atoms with van der Waals surface area (Å²) in [7, 11) is 0. The molecule has 20 heavy (non-hydrogen) atoms. The smallest absolute Gasteiger partial charge is 0.0461 e. The first-order valence-corrected chi connectivity index (χ1v) is 7.87. The molecule has 1 unspecified atom stereocenters. The fourth-order valence-corrected chi connectivity index (χ4v) is 2.13. The molecule has 4 nitrogen and oxygen atoms in total. The Morgan fingerprint density at radius 2 is 1.05 bits per heavy atom. The van der Waals surface area contributed by atoms with Crippen molar-refractivity contribution in [1.82, 2.24) is 0 Å². The van der Waals surface area contributed by atoms with Gasteiger partial charge in [-0.2, -0.15) is 0 Å². The van der Waals surface area contributed by atoms with Gasteiger partial charge in [-0.15, -0.1) is 0 Å². The average Bonchev–Trinajstić information content (AvgIpc) is 2.39. The van der Waals surface area contributed by atoms with E-state index in [1.54, 1.807) is 0 Å². The standard InChI is InChI=1S/2C8H18O2/c1-7(2)8(3-5-9)4-6-10;1-7(2)8(6-10)4-3-5-9/h2*7-10H,3-6H2,1-2H3. The zero-order valence-corrected chi connectivity index (χ0v) is 13.8. The van der Waals surface area contributed by atoms with Gasteiger partial charge in [-0.3, -0.25) is 0 Å². The normalized spacial score (nSPS) is 12.8. The Morgan fingerprint density at radius 1 is 0.600 bits per heavy atom. The lowest BCUT2D eigenvalue weighted by atomic mass is 9.90. The molecule has 0 spiro atoms. The van der Waals surface area contributed by atoms with E-state index in [1.807, 2.05) is 0 Å². The van der Waals surface area contributed by atoms with E-state index in [-0.39, 0.29) is 26.4 Å². The molecule has 4 N–H and O–H groups in total. The maximum Gasteiger partial charge on any atom is 0.0461 e. The van der Waals surface area contributed by atoms with E-state index in [1.165, 1.54) is 0 Å². The second kappa shape index (κ2) is 15.2. The number of aliphatic hydroxyl groups excluding tert-OH is 4. The third kappa shape index (κ3) is 12.9. The summed E-state index contributed by atoms with van der Waals surface area (Å²) < 4.78 is 0. The molecular weight excluding hydrogens is 256 g/mol. The first-order valence-electron chi connectivity index (χ1n) is 7.87. The van der Waals surface area contributed by atoms with Gasteiger partial charge in [0.2, 0.25) is 0 Å². The van der Waals surface area contributed by atoms with Crippen LogP contribution in [0, 0.1) is 23.7 Å². The van der Waals surface area contributed by atoms with Crippen molar-refractivity contribution in [2.45, 2.75) is 53.4 Å². The van der Waals surface area contributed by atoms with Gasteiger partial charge in [0.05, 0.1) is 0 Å². The van der Waals surface area contributed by atoms with Crippen molar-refractivity contribution in [3.05, 3.63) is 0 Å². The number of rotatable bonds is 10. The molecular formula is C16H36O4. The van der Waals surface area contributed by atoms with Crippen LogP contribution in [0.2, 0.25) is 0 Å². The molecule has 0 heterocycles. The first kappa shape index (κ1) is 22.1. The van der Waals surface area contributed by atoms with Gasteiger partial charge in [0.1, 0.15) is 0 Å². The predicted molar refractivity (Wildman–Crippen MR) is 83.5 cm³/mol. The van der Waals surface area contributed by atoms with Crippen molar-refractivity contribution >= 4 is 0 Å². The minimum atomic E-state index is 0.239. The Morgan fingerprint density at radius 3 is 1.30 bits per heavy atom. The van der Waals surface area contributed by atoms with Crippen LogP contribution in [-0.4, -0.2) is 46.9 Å². The van der Waals surface area contributed by atoms with E-state index in [9.17, 15) is 0 Å². The van der Waals surface area contributed by atoms with Crippen LogP contribution >= 0.6 is 0 Å². The summed E-state index contributed by atoms with van der Waals surface area (Å²) >= 11 is 0. The van der Waals surface area contributed by atoms with E-state index in [2.05, 4.69) is 27.7 Å². The van der Waals surface area contributed by atoms with Crippen LogP contribution in [0.15, 0.2) is 0 Å². The fraction of sp³-hybridized carbons (Fsp3) is 1.00. The largest absolute Gasteiger partial charge is 0.396 e. The van der Waals surface area contributed by atoms with Crippen LogP contribution in [0.3, 0.4) is 0 Å². The number of aliphatic hydroxyl groups is 4. The highest BCUT2D eigenvalue weighted by molar-refractivity contribution is 4.62. The summed E-state index contributed by atoms with van der Waals surface area (Å²) in [5.74, 6) is 1.94. The highest BCUT2D eigenvalue weighted by Crippen LogP contribution is 2.17. The molecule has 4 heteroatoms. The van der Waals surface area contributed by atoms with Crippen molar-refractivity contribution in [3.63, 3.8) is 0 Å². The monoisotopic (exact) mass is 292 g/mol.